The summed E-state index contributed by atoms with van der Waals surface area (Å²) in [6.07, 6.45) is 11.6. The van der Waals surface area contributed by atoms with Crippen LogP contribution in [-0.2, 0) is 9.22 Å². The average molecular weight is 415 g/mol. The molecule has 0 aromatic carbocycles. The quantitative estimate of drug-likeness (QED) is 0.451. The van der Waals surface area contributed by atoms with E-state index in [9.17, 15) is 4.79 Å². The molecule has 0 bridgehead atoms. The number of carbonyl (C=O) groups is 1. The minimum Gasteiger partial charge on any atom is -0.414 e. The predicted molar refractivity (Wildman–Crippen MR) is 123 cm³/mol. The lowest BCUT2D eigenvalue weighted by Gasteiger charge is -2.57. The molecule has 3 saturated carbocycles. The second-order valence-electron chi connectivity index (χ2n) is 12.5. The minimum absolute atomic E-state index is 0.0874. The molecule has 0 aromatic rings. The van der Waals surface area contributed by atoms with Gasteiger partial charge in [0.15, 0.2) is 8.32 Å². The van der Waals surface area contributed by atoms with Crippen LogP contribution in [0.15, 0.2) is 23.3 Å². The zero-order valence-corrected chi connectivity index (χ0v) is 21.0. The topological polar surface area (TPSA) is 26.3 Å². The van der Waals surface area contributed by atoms with Crippen molar-refractivity contribution in [3.8, 4) is 0 Å². The van der Waals surface area contributed by atoms with Crippen molar-refractivity contribution in [2.24, 2.45) is 28.6 Å². The van der Waals surface area contributed by atoms with Gasteiger partial charge in [-0.25, -0.2) is 0 Å². The normalized spacial score (nSPS) is 42.6. The van der Waals surface area contributed by atoms with E-state index in [1.54, 1.807) is 11.1 Å². The van der Waals surface area contributed by atoms with Gasteiger partial charge in [0.25, 0.3) is 0 Å². The molecule has 29 heavy (non-hydrogen) atoms. The highest BCUT2D eigenvalue weighted by Gasteiger charge is 2.58. The highest BCUT2D eigenvalue weighted by atomic mass is 28.4. The van der Waals surface area contributed by atoms with Gasteiger partial charge in [-0.1, -0.05) is 64.8 Å². The minimum atomic E-state index is -1.75. The van der Waals surface area contributed by atoms with Gasteiger partial charge in [0.05, 0.1) is 0 Å². The fourth-order valence-electron chi connectivity index (χ4n) is 6.85. The number of hydrogen-bond acceptors (Lipinski definition) is 2. The third kappa shape index (κ3) is 3.09. The van der Waals surface area contributed by atoms with Crippen molar-refractivity contribution in [3.63, 3.8) is 0 Å². The van der Waals surface area contributed by atoms with Gasteiger partial charge in [-0.2, -0.15) is 0 Å². The summed E-state index contributed by atoms with van der Waals surface area (Å²) in [6.45, 7) is 19.0. The van der Waals surface area contributed by atoms with Gasteiger partial charge in [0.1, 0.15) is 5.78 Å². The third-order valence-corrected chi connectivity index (χ3v) is 14.6. The van der Waals surface area contributed by atoms with Crippen LogP contribution in [0.1, 0.15) is 80.1 Å². The van der Waals surface area contributed by atoms with Crippen LogP contribution in [0.3, 0.4) is 0 Å². The standard InChI is InChI=1S/C26H42O2Si/c1-17-15-19(28-29(7,8)24(2,3)4)16-18-9-10-20-21-11-12-23(27)25(21,5)14-13-22(20)26(17,18)6/h9-10,17,19,21-22H,11-16H2,1-8H3/t17-,19-,21?,22?,25-,26-/m0/s1. The van der Waals surface area contributed by atoms with Crippen molar-refractivity contribution in [1.82, 2.24) is 0 Å². The summed E-state index contributed by atoms with van der Waals surface area (Å²) in [5.74, 6) is 2.24. The summed E-state index contributed by atoms with van der Waals surface area (Å²) in [5.41, 5.74) is 3.37. The third-order valence-electron chi connectivity index (χ3n) is 10.1. The summed E-state index contributed by atoms with van der Waals surface area (Å²) in [5, 5.41) is 0.258. The van der Waals surface area contributed by atoms with Gasteiger partial charge in [0, 0.05) is 17.9 Å². The highest BCUT2D eigenvalue weighted by Crippen LogP contribution is 2.64. The first-order valence-corrected chi connectivity index (χ1v) is 14.8. The van der Waals surface area contributed by atoms with Gasteiger partial charge in [0.2, 0.25) is 0 Å². The molecule has 0 aliphatic heterocycles. The lowest BCUT2D eigenvalue weighted by Crippen LogP contribution is -2.51. The molecule has 0 aromatic heterocycles. The number of hydrogen-bond donors (Lipinski definition) is 0. The summed E-state index contributed by atoms with van der Waals surface area (Å²) in [7, 11) is -1.75. The van der Waals surface area contributed by atoms with Gasteiger partial charge in [-0.3, -0.25) is 4.79 Å². The van der Waals surface area contributed by atoms with Crippen LogP contribution in [0.25, 0.3) is 0 Å². The maximum Gasteiger partial charge on any atom is 0.192 e. The SMILES string of the molecule is C[C@H]1C[C@H](O[Si](C)(C)C(C)(C)C)CC2=CC=C3C(CC[C@]4(C)C(=O)CCC34)[C@]21C. The fourth-order valence-corrected chi connectivity index (χ4v) is 8.22. The van der Waals surface area contributed by atoms with Crippen LogP contribution < -0.4 is 0 Å². The van der Waals surface area contributed by atoms with Gasteiger partial charge >= 0.3 is 0 Å². The highest BCUT2D eigenvalue weighted by molar-refractivity contribution is 6.74. The Morgan fingerprint density at radius 1 is 1.10 bits per heavy atom. The molecule has 4 aliphatic rings. The molecule has 4 rings (SSSR count). The van der Waals surface area contributed by atoms with Crippen molar-refractivity contribution in [3.05, 3.63) is 23.3 Å². The summed E-state index contributed by atoms with van der Waals surface area (Å²) >= 11 is 0. The van der Waals surface area contributed by atoms with Gasteiger partial charge < -0.3 is 4.43 Å². The molecule has 0 amide bonds. The monoisotopic (exact) mass is 414 g/mol. The van der Waals surface area contributed by atoms with E-state index in [4.69, 9.17) is 4.43 Å². The second-order valence-corrected chi connectivity index (χ2v) is 17.3. The summed E-state index contributed by atoms with van der Waals surface area (Å²) in [6, 6.07) is 0. The van der Waals surface area contributed by atoms with Crippen LogP contribution in [0.5, 0.6) is 0 Å². The molecule has 162 valence electrons. The number of fused-ring (bicyclic) bond motifs is 5. The smallest absolute Gasteiger partial charge is 0.192 e. The van der Waals surface area contributed by atoms with Gasteiger partial charge in [-0.15, -0.1) is 0 Å². The number of Topliss-reactive ketones (excluding diaryl/α,β-unsaturated/α-hetero) is 1. The van der Waals surface area contributed by atoms with Crippen LogP contribution in [0.2, 0.25) is 18.1 Å². The lowest BCUT2D eigenvalue weighted by molar-refractivity contribution is -0.127. The van der Waals surface area contributed by atoms with E-state index in [1.165, 1.54) is 12.8 Å². The Labute approximate surface area is 179 Å². The molecule has 2 unspecified atom stereocenters. The van der Waals surface area contributed by atoms with E-state index in [0.29, 0.717) is 29.6 Å². The predicted octanol–water partition coefficient (Wildman–Crippen LogP) is 7.07. The number of rotatable bonds is 2. The first-order valence-electron chi connectivity index (χ1n) is 11.9. The molecule has 0 heterocycles. The molecule has 3 heteroatoms. The summed E-state index contributed by atoms with van der Waals surface area (Å²) < 4.78 is 6.88. The van der Waals surface area contributed by atoms with Crippen LogP contribution in [0.4, 0.5) is 0 Å². The van der Waals surface area contributed by atoms with E-state index < -0.39 is 8.32 Å². The van der Waals surface area contributed by atoms with E-state index >= 15 is 0 Å². The molecule has 0 radical (unpaired) electrons. The molecular weight excluding hydrogens is 372 g/mol. The molecule has 0 N–H and O–H groups in total. The Hall–Kier alpha value is -0.673. The largest absolute Gasteiger partial charge is 0.414 e. The molecule has 2 nitrogen and oxygen atoms in total. The Balaban J connectivity index is 1.63. The Morgan fingerprint density at radius 3 is 2.45 bits per heavy atom. The maximum absolute atomic E-state index is 12.6. The van der Waals surface area contributed by atoms with E-state index in [1.807, 2.05) is 0 Å². The number of ketones is 1. The van der Waals surface area contributed by atoms with Crippen molar-refractivity contribution in [1.29, 1.82) is 0 Å². The molecular formula is C26H42O2Si. The first kappa shape index (κ1) is 21.6. The molecule has 0 saturated heterocycles. The zero-order valence-electron chi connectivity index (χ0n) is 20.0. The zero-order chi connectivity index (χ0) is 21.4. The number of carbonyl (C=O) groups excluding carboxylic acids is 1. The van der Waals surface area contributed by atoms with Crippen molar-refractivity contribution in [2.45, 2.75) is 104 Å². The van der Waals surface area contributed by atoms with Crippen LogP contribution >= 0.6 is 0 Å². The molecule has 3 fully saturated rings. The van der Waals surface area contributed by atoms with Crippen molar-refractivity contribution < 1.29 is 9.22 Å². The molecule has 4 aliphatic carbocycles. The van der Waals surface area contributed by atoms with Crippen LogP contribution in [0, 0.1) is 28.6 Å². The van der Waals surface area contributed by atoms with E-state index in [-0.39, 0.29) is 15.9 Å². The second kappa shape index (κ2) is 6.66. The maximum atomic E-state index is 12.6. The van der Waals surface area contributed by atoms with Crippen LogP contribution in [-0.4, -0.2) is 20.2 Å². The number of allylic oxidation sites excluding steroid dienone is 3. The lowest BCUT2D eigenvalue weighted by atomic mass is 9.49. The summed E-state index contributed by atoms with van der Waals surface area (Å²) in [4.78, 5) is 12.6. The molecule has 0 spiro atoms. The van der Waals surface area contributed by atoms with Crippen molar-refractivity contribution >= 4 is 14.1 Å². The average Bonchev–Trinajstić information content (AvgIpc) is 2.90. The molecule has 6 atom stereocenters. The van der Waals surface area contributed by atoms with Crippen molar-refractivity contribution in [2.75, 3.05) is 0 Å². The Bertz CT molecular complexity index is 770. The Kier molecular flexibility index (Phi) is 4.95. The first-order chi connectivity index (χ1) is 13.3. The Morgan fingerprint density at radius 2 is 1.79 bits per heavy atom. The fraction of sp³-hybridized carbons (Fsp3) is 0.808. The van der Waals surface area contributed by atoms with E-state index in [0.717, 1.165) is 25.7 Å². The van der Waals surface area contributed by atoms with E-state index in [2.05, 4.69) is 66.8 Å². The van der Waals surface area contributed by atoms with Gasteiger partial charge in [-0.05, 0) is 73.4 Å².